The van der Waals surface area contributed by atoms with Crippen LogP contribution in [0.2, 0.25) is 0 Å². The number of benzene rings is 2. The standard InChI is InChI=1S/C22H31N3O2.C20H29N3O2/c1-22(16-23-20(26)10-7-14-25-12-5-2-6-13-25)21-18(11-15-27-22)17-8-3-4-9-19(17)24-21;1-4-14(2)21-11-9-18(24)22-13-20(3)19-16(10-12-25-20)15-7-5-6-8-17(15)23-19/h3-4,8-9,24H,2,5-7,10-16H2,1H3,(H,23,26);5-8,14,21,23H,4,9-13H2,1-3H3,(H,22,24). The fraction of sp³-hybridized carbons (Fsp3) is 0.571. The van der Waals surface area contributed by atoms with E-state index in [9.17, 15) is 9.59 Å². The molecule has 3 atom stereocenters. The molecule has 0 bridgehead atoms. The number of nitrogens with one attached hydrogen (secondary N) is 5. The van der Waals surface area contributed by atoms with Gasteiger partial charge in [-0.05, 0) is 102 Å². The summed E-state index contributed by atoms with van der Waals surface area (Å²) in [5.74, 6) is 0.184. The molecule has 5 heterocycles. The Bertz CT molecular complexity index is 1790. The number of aromatic amines is 2. The fourth-order valence-electron chi connectivity index (χ4n) is 7.94. The Labute approximate surface area is 309 Å². The van der Waals surface area contributed by atoms with Crippen molar-refractivity contribution in [3.8, 4) is 0 Å². The van der Waals surface area contributed by atoms with Gasteiger partial charge in [-0.2, -0.15) is 0 Å². The van der Waals surface area contributed by atoms with Gasteiger partial charge in [-0.3, -0.25) is 9.59 Å². The van der Waals surface area contributed by atoms with E-state index >= 15 is 0 Å². The second-order valence-electron chi connectivity index (χ2n) is 15.3. The van der Waals surface area contributed by atoms with E-state index in [1.807, 2.05) is 12.1 Å². The van der Waals surface area contributed by atoms with E-state index in [2.05, 4.69) is 94.9 Å². The van der Waals surface area contributed by atoms with E-state index in [0.29, 0.717) is 51.7 Å². The maximum atomic E-state index is 12.4. The molecule has 0 aliphatic carbocycles. The van der Waals surface area contributed by atoms with Crippen LogP contribution in [0, 0.1) is 0 Å². The van der Waals surface area contributed by atoms with Gasteiger partial charge in [0.15, 0.2) is 0 Å². The molecule has 282 valence electrons. The molecule has 1 fully saturated rings. The van der Waals surface area contributed by atoms with Crippen LogP contribution in [-0.2, 0) is 43.1 Å². The minimum Gasteiger partial charge on any atom is -0.367 e. The average molecular weight is 713 g/mol. The van der Waals surface area contributed by atoms with Crippen molar-refractivity contribution in [3.63, 3.8) is 0 Å². The van der Waals surface area contributed by atoms with Crippen molar-refractivity contribution < 1.29 is 19.1 Å². The highest BCUT2D eigenvalue weighted by molar-refractivity contribution is 5.86. The van der Waals surface area contributed by atoms with Gasteiger partial charge in [-0.25, -0.2) is 0 Å². The lowest BCUT2D eigenvalue weighted by Crippen LogP contribution is -2.44. The minimum absolute atomic E-state index is 0.0591. The van der Waals surface area contributed by atoms with Crippen LogP contribution in [-0.4, -0.2) is 85.2 Å². The molecule has 10 nitrogen and oxygen atoms in total. The lowest BCUT2D eigenvalue weighted by atomic mass is 9.92. The number of rotatable bonds is 13. The Kier molecular flexibility index (Phi) is 12.7. The zero-order valence-electron chi connectivity index (χ0n) is 31.8. The maximum Gasteiger partial charge on any atom is 0.221 e. The molecule has 0 spiro atoms. The highest BCUT2D eigenvalue weighted by Crippen LogP contribution is 2.37. The predicted octanol–water partition coefficient (Wildman–Crippen LogP) is 6.19. The first-order valence-corrected chi connectivity index (χ1v) is 19.7. The fourth-order valence-corrected chi connectivity index (χ4v) is 7.94. The molecule has 7 rings (SSSR count). The first-order valence-electron chi connectivity index (χ1n) is 19.7. The molecule has 4 aromatic rings. The molecule has 3 unspecified atom stereocenters. The zero-order valence-corrected chi connectivity index (χ0v) is 31.8. The number of likely N-dealkylation sites (tertiary alicyclic amines) is 1. The summed E-state index contributed by atoms with van der Waals surface area (Å²) in [5.41, 5.74) is 6.14. The number of fused-ring (bicyclic) bond motifs is 6. The van der Waals surface area contributed by atoms with Crippen LogP contribution in [0.5, 0.6) is 0 Å². The maximum absolute atomic E-state index is 12.4. The number of amides is 2. The summed E-state index contributed by atoms with van der Waals surface area (Å²) >= 11 is 0. The molecule has 2 amide bonds. The third-order valence-electron chi connectivity index (χ3n) is 11.3. The molecule has 3 aliphatic rings. The third kappa shape index (κ3) is 9.08. The van der Waals surface area contributed by atoms with Crippen molar-refractivity contribution in [2.45, 2.75) is 103 Å². The van der Waals surface area contributed by atoms with Gasteiger partial charge in [0.05, 0.1) is 37.7 Å². The Balaban J connectivity index is 0.000000179. The van der Waals surface area contributed by atoms with Gasteiger partial charge in [0.25, 0.3) is 0 Å². The number of aromatic nitrogens is 2. The number of para-hydroxylation sites is 2. The monoisotopic (exact) mass is 712 g/mol. The normalized spacial score (nSPS) is 22.2. The lowest BCUT2D eigenvalue weighted by molar-refractivity contribution is -0.124. The Morgan fingerprint density at radius 2 is 1.31 bits per heavy atom. The SMILES string of the molecule is CC1(CNC(=O)CCCN2CCCCC2)OCCc2c1[nH]c1ccccc21.CCC(C)NCCC(=O)NCC1(C)OCCc2c1[nH]c1ccccc21. The summed E-state index contributed by atoms with van der Waals surface area (Å²) in [6.07, 6.45) is 8.85. The minimum atomic E-state index is -0.508. The summed E-state index contributed by atoms with van der Waals surface area (Å²) in [5, 5.41) is 12.0. The average Bonchev–Trinajstić information content (AvgIpc) is 3.75. The summed E-state index contributed by atoms with van der Waals surface area (Å²) in [4.78, 5) is 34.0. The second kappa shape index (κ2) is 17.4. The van der Waals surface area contributed by atoms with Crippen LogP contribution in [0.1, 0.15) is 95.2 Å². The van der Waals surface area contributed by atoms with Gasteiger partial charge in [0, 0.05) is 47.2 Å². The van der Waals surface area contributed by atoms with Crippen LogP contribution in [0.25, 0.3) is 21.8 Å². The van der Waals surface area contributed by atoms with E-state index in [-0.39, 0.29) is 11.8 Å². The number of ether oxygens (including phenoxy) is 2. The van der Waals surface area contributed by atoms with Crippen molar-refractivity contribution in [1.82, 2.24) is 30.8 Å². The summed E-state index contributed by atoms with van der Waals surface area (Å²) in [6.45, 7) is 14.9. The highest BCUT2D eigenvalue weighted by atomic mass is 16.5. The molecule has 52 heavy (non-hydrogen) atoms. The number of carbonyl (C=O) groups is 2. The van der Waals surface area contributed by atoms with Gasteiger partial charge < -0.3 is 40.3 Å². The van der Waals surface area contributed by atoms with Gasteiger partial charge in [-0.15, -0.1) is 0 Å². The van der Waals surface area contributed by atoms with Crippen molar-refractivity contribution in [3.05, 3.63) is 71.0 Å². The molecule has 3 aliphatic heterocycles. The van der Waals surface area contributed by atoms with Gasteiger partial charge in [0.1, 0.15) is 11.2 Å². The molecule has 1 saturated heterocycles. The first-order chi connectivity index (χ1) is 25.2. The summed E-state index contributed by atoms with van der Waals surface area (Å²) in [6, 6.07) is 17.2. The number of carbonyl (C=O) groups excluding carboxylic acids is 2. The first kappa shape index (κ1) is 38.0. The topological polar surface area (TPSA) is 124 Å². The number of piperidine rings is 1. The molecule has 5 N–H and O–H groups in total. The molecule has 2 aromatic heterocycles. The molecule has 0 saturated carbocycles. The Morgan fingerprint density at radius 3 is 1.85 bits per heavy atom. The molecular formula is C42H60N6O4. The quantitative estimate of drug-likeness (QED) is 0.113. The van der Waals surface area contributed by atoms with Gasteiger partial charge in [0.2, 0.25) is 11.8 Å². The Morgan fingerprint density at radius 1 is 0.788 bits per heavy atom. The zero-order chi connectivity index (χ0) is 36.6. The van der Waals surface area contributed by atoms with Crippen LogP contribution >= 0.6 is 0 Å². The van der Waals surface area contributed by atoms with E-state index in [0.717, 1.165) is 54.6 Å². The van der Waals surface area contributed by atoms with Gasteiger partial charge in [-0.1, -0.05) is 49.7 Å². The van der Waals surface area contributed by atoms with E-state index in [1.54, 1.807) is 0 Å². The smallest absolute Gasteiger partial charge is 0.221 e. The van der Waals surface area contributed by atoms with E-state index in [1.165, 1.54) is 54.3 Å². The number of hydrogen-bond donors (Lipinski definition) is 5. The Hall–Kier alpha value is -3.70. The van der Waals surface area contributed by atoms with Crippen molar-refractivity contribution >= 4 is 33.6 Å². The number of nitrogens with zero attached hydrogens (tertiary/aromatic N) is 1. The largest absolute Gasteiger partial charge is 0.367 e. The molecular weight excluding hydrogens is 652 g/mol. The van der Waals surface area contributed by atoms with E-state index < -0.39 is 11.2 Å². The van der Waals surface area contributed by atoms with Crippen LogP contribution in [0.4, 0.5) is 0 Å². The van der Waals surface area contributed by atoms with Crippen LogP contribution in [0.3, 0.4) is 0 Å². The van der Waals surface area contributed by atoms with Crippen molar-refractivity contribution in [1.29, 1.82) is 0 Å². The highest BCUT2D eigenvalue weighted by Gasteiger charge is 2.37. The van der Waals surface area contributed by atoms with Gasteiger partial charge >= 0.3 is 0 Å². The number of H-pyrrole nitrogens is 2. The second-order valence-corrected chi connectivity index (χ2v) is 15.3. The van der Waals surface area contributed by atoms with Crippen LogP contribution < -0.4 is 16.0 Å². The molecule has 2 aromatic carbocycles. The van der Waals surface area contributed by atoms with E-state index in [4.69, 9.17) is 9.47 Å². The van der Waals surface area contributed by atoms with Crippen LogP contribution in [0.15, 0.2) is 48.5 Å². The van der Waals surface area contributed by atoms with Crippen molar-refractivity contribution in [2.24, 2.45) is 0 Å². The molecule has 10 heteroatoms. The summed E-state index contributed by atoms with van der Waals surface area (Å²) < 4.78 is 12.2. The molecule has 0 radical (unpaired) electrons. The number of hydrogen-bond acceptors (Lipinski definition) is 6. The lowest BCUT2D eigenvalue weighted by Gasteiger charge is -2.34. The van der Waals surface area contributed by atoms with Crippen molar-refractivity contribution in [2.75, 3.05) is 52.5 Å². The predicted molar refractivity (Wildman–Crippen MR) is 209 cm³/mol. The third-order valence-corrected chi connectivity index (χ3v) is 11.3. The summed E-state index contributed by atoms with van der Waals surface area (Å²) in [7, 11) is 0.